The van der Waals surface area contributed by atoms with E-state index in [-0.39, 0.29) is 17.9 Å². The van der Waals surface area contributed by atoms with Gasteiger partial charge in [0.2, 0.25) is 5.75 Å². The van der Waals surface area contributed by atoms with Crippen LogP contribution in [0.3, 0.4) is 0 Å². The lowest BCUT2D eigenvalue weighted by atomic mass is 9.92. The van der Waals surface area contributed by atoms with Crippen molar-refractivity contribution in [2.45, 2.75) is 110 Å². The number of carbonyl (C=O) groups is 4. The molecule has 0 aliphatic heterocycles. The van der Waals surface area contributed by atoms with Gasteiger partial charge in [-0.1, -0.05) is 103 Å². The number of ether oxygens (including phenoxy) is 5. The van der Waals surface area contributed by atoms with Gasteiger partial charge in [0.05, 0.1) is 28.9 Å². The molecule has 0 atom stereocenters. The lowest BCUT2D eigenvalue weighted by Crippen LogP contribution is -2.44. The number of hydrogen-bond donors (Lipinski definition) is 11. The maximum Gasteiger partial charge on any atom is 0.338 e. The number of benzene rings is 4. The fraction of sp³-hybridized carbons (Fsp3) is 0.451. The first-order valence-electron chi connectivity index (χ1n) is 23.5. The molecular weight excluding hydrogens is 933 g/mol. The van der Waals surface area contributed by atoms with Gasteiger partial charge in [-0.3, -0.25) is 0 Å². The molecule has 0 amide bonds. The van der Waals surface area contributed by atoms with Crippen LogP contribution in [0.5, 0.6) is 69.0 Å². The van der Waals surface area contributed by atoms with Crippen LogP contribution in [-0.4, -0.2) is 113 Å². The van der Waals surface area contributed by atoms with E-state index in [4.69, 9.17) is 23.7 Å². The zero-order chi connectivity index (χ0) is 52.1. The standard InChI is InChI=1S/C51H64O20/c1-2-3-4-5-6-7-8-9-10-11-12-13-14-15-16-17-18-67-42-26-34(25-41(58)46(42)62)50(66)71-30-51(27-68-47(63)31-19-35(52)43(59)36(53)20-31,28-69-48(64)32-21-37(54)44(60)38(55)22-32)29-70-49(65)33-23-39(56)45(61)40(57)24-33/h19-26,52-62H,2-18,27-30H2,1H3. The molecule has 0 saturated heterocycles. The number of unbranched alkanes of at least 4 members (excludes halogenated alkanes) is 15. The predicted octanol–water partition coefficient (Wildman–Crippen LogP) is 8.80. The number of esters is 4. The average Bonchev–Trinajstić information content (AvgIpc) is 3.34. The van der Waals surface area contributed by atoms with Gasteiger partial charge in [-0.25, -0.2) is 19.2 Å². The Labute approximate surface area is 409 Å². The Morgan fingerprint density at radius 3 is 0.873 bits per heavy atom. The van der Waals surface area contributed by atoms with Gasteiger partial charge < -0.3 is 79.9 Å². The Bertz CT molecular complexity index is 2180. The number of phenolic OH excluding ortho intramolecular Hbond substituents is 11. The summed E-state index contributed by atoms with van der Waals surface area (Å²) in [5.74, 6) is -15.3. The van der Waals surface area contributed by atoms with E-state index in [1.54, 1.807) is 0 Å². The molecule has 0 aromatic heterocycles. The van der Waals surface area contributed by atoms with Crippen molar-refractivity contribution in [3.63, 3.8) is 0 Å². The van der Waals surface area contributed by atoms with E-state index >= 15 is 0 Å². The highest BCUT2D eigenvalue weighted by molar-refractivity contribution is 5.93. The first kappa shape index (κ1) is 56.0. The molecule has 20 heteroatoms. The summed E-state index contributed by atoms with van der Waals surface area (Å²) >= 11 is 0. The van der Waals surface area contributed by atoms with Crippen molar-refractivity contribution in [3.05, 3.63) is 70.8 Å². The number of hydrogen-bond acceptors (Lipinski definition) is 20. The van der Waals surface area contributed by atoms with Crippen molar-refractivity contribution < 1.29 is 99.0 Å². The second-order valence-corrected chi connectivity index (χ2v) is 17.4. The van der Waals surface area contributed by atoms with Gasteiger partial charge in [0, 0.05) is 0 Å². The Kier molecular flexibility index (Phi) is 21.7. The molecule has 4 aromatic rings. The van der Waals surface area contributed by atoms with Crippen molar-refractivity contribution in [2.75, 3.05) is 33.0 Å². The molecule has 0 unspecified atom stereocenters. The van der Waals surface area contributed by atoms with Gasteiger partial charge in [0.25, 0.3) is 0 Å². The molecule has 0 spiro atoms. The molecule has 388 valence electrons. The van der Waals surface area contributed by atoms with E-state index in [0.717, 1.165) is 74.2 Å². The third kappa shape index (κ3) is 17.1. The Balaban J connectivity index is 1.48. The molecule has 0 aliphatic rings. The van der Waals surface area contributed by atoms with E-state index < -0.39 is 136 Å². The number of rotatable bonds is 30. The lowest BCUT2D eigenvalue weighted by molar-refractivity contribution is -0.0642. The van der Waals surface area contributed by atoms with Crippen LogP contribution in [0.1, 0.15) is 151 Å². The van der Waals surface area contributed by atoms with Crippen LogP contribution in [0.4, 0.5) is 0 Å². The maximum absolute atomic E-state index is 13.7. The monoisotopic (exact) mass is 996 g/mol. The van der Waals surface area contributed by atoms with Gasteiger partial charge in [-0.2, -0.15) is 0 Å². The normalized spacial score (nSPS) is 11.2. The van der Waals surface area contributed by atoms with Crippen molar-refractivity contribution in [1.29, 1.82) is 0 Å². The molecular formula is C51H64O20. The van der Waals surface area contributed by atoms with Crippen molar-refractivity contribution in [3.8, 4) is 69.0 Å². The van der Waals surface area contributed by atoms with E-state index in [1.807, 2.05) is 0 Å². The topological polar surface area (TPSA) is 337 Å². The maximum atomic E-state index is 13.7. The van der Waals surface area contributed by atoms with E-state index in [0.29, 0.717) is 6.42 Å². The Morgan fingerprint density at radius 1 is 0.352 bits per heavy atom. The summed E-state index contributed by atoms with van der Waals surface area (Å²) in [6, 6.07) is 6.30. The smallest absolute Gasteiger partial charge is 0.338 e. The van der Waals surface area contributed by atoms with Crippen LogP contribution in [0.2, 0.25) is 0 Å². The number of phenols is 11. The second-order valence-electron chi connectivity index (χ2n) is 17.4. The SMILES string of the molecule is CCCCCCCCCCCCCCCCCCOc1cc(C(=O)OCC(COC(=O)c2cc(O)c(O)c(O)c2)(COC(=O)c2cc(O)c(O)c(O)c2)COC(=O)c2cc(O)c(O)c(O)c2)cc(O)c1O. The molecule has 0 heterocycles. The molecule has 4 rings (SSSR count). The first-order chi connectivity index (χ1) is 33.9. The highest BCUT2D eigenvalue weighted by Gasteiger charge is 2.39. The molecule has 0 saturated carbocycles. The average molecular weight is 997 g/mol. The third-order valence-electron chi connectivity index (χ3n) is 11.5. The van der Waals surface area contributed by atoms with Crippen LogP contribution in [-0.2, 0) is 18.9 Å². The van der Waals surface area contributed by atoms with Gasteiger partial charge in [-0.05, 0) is 55.0 Å². The minimum Gasteiger partial charge on any atom is -0.504 e. The van der Waals surface area contributed by atoms with Gasteiger partial charge in [0.15, 0.2) is 63.2 Å². The largest absolute Gasteiger partial charge is 0.504 e. The quantitative estimate of drug-likeness (QED) is 0.0101. The van der Waals surface area contributed by atoms with Crippen LogP contribution in [0.25, 0.3) is 0 Å². The first-order valence-corrected chi connectivity index (χ1v) is 23.5. The summed E-state index contributed by atoms with van der Waals surface area (Å²) in [5.41, 5.74) is -4.13. The van der Waals surface area contributed by atoms with E-state index in [1.165, 1.54) is 70.6 Å². The van der Waals surface area contributed by atoms with Crippen LogP contribution in [0, 0.1) is 5.41 Å². The van der Waals surface area contributed by atoms with Gasteiger partial charge in [-0.15, -0.1) is 0 Å². The lowest BCUT2D eigenvalue weighted by Gasteiger charge is -2.31. The summed E-state index contributed by atoms with van der Waals surface area (Å²) in [5, 5.41) is 111. The zero-order valence-electron chi connectivity index (χ0n) is 39.6. The Hall–Kier alpha value is -7.64. The minimum atomic E-state index is -2.16. The van der Waals surface area contributed by atoms with Crippen molar-refractivity contribution in [2.24, 2.45) is 5.41 Å². The van der Waals surface area contributed by atoms with E-state index in [9.17, 15) is 75.3 Å². The minimum absolute atomic E-state index is 0.124. The van der Waals surface area contributed by atoms with E-state index in [2.05, 4.69) is 6.92 Å². The molecule has 0 radical (unpaired) electrons. The molecule has 0 bridgehead atoms. The zero-order valence-corrected chi connectivity index (χ0v) is 39.6. The molecule has 0 aliphatic carbocycles. The second kappa shape index (κ2) is 27.5. The number of carbonyl (C=O) groups excluding carboxylic acids is 4. The molecule has 4 aromatic carbocycles. The summed E-state index contributed by atoms with van der Waals surface area (Å²) in [7, 11) is 0. The van der Waals surface area contributed by atoms with Crippen LogP contribution < -0.4 is 4.74 Å². The molecule has 71 heavy (non-hydrogen) atoms. The van der Waals surface area contributed by atoms with Gasteiger partial charge >= 0.3 is 23.9 Å². The van der Waals surface area contributed by atoms with Crippen LogP contribution >= 0.6 is 0 Å². The molecule has 20 nitrogen and oxygen atoms in total. The summed E-state index contributed by atoms with van der Waals surface area (Å²) < 4.78 is 27.5. The molecule has 11 N–H and O–H groups in total. The van der Waals surface area contributed by atoms with Crippen LogP contribution in [0.15, 0.2) is 48.5 Å². The summed E-state index contributed by atoms with van der Waals surface area (Å²) in [6.45, 7) is -1.65. The summed E-state index contributed by atoms with van der Waals surface area (Å²) in [4.78, 5) is 53.6. The van der Waals surface area contributed by atoms with Gasteiger partial charge in [0.1, 0.15) is 31.8 Å². The predicted molar refractivity (Wildman–Crippen MR) is 253 cm³/mol. The van der Waals surface area contributed by atoms with Crippen molar-refractivity contribution >= 4 is 23.9 Å². The van der Waals surface area contributed by atoms with Crippen molar-refractivity contribution in [1.82, 2.24) is 0 Å². The Morgan fingerprint density at radius 2 is 0.592 bits per heavy atom. The fourth-order valence-corrected chi connectivity index (χ4v) is 7.28. The highest BCUT2D eigenvalue weighted by atomic mass is 16.6. The highest BCUT2D eigenvalue weighted by Crippen LogP contribution is 2.40. The fourth-order valence-electron chi connectivity index (χ4n) is 7.28. The summed E-state index contributed by atoms with van der Waals surface area (Å²) in [6.07, 6.45) is 18.7. The third-order valence-corrected chi connectivity index (χ3v) is 11.5. The molecule has 0 fully saturated rings. The number of aromatic hydroxyl groups is 11.